The van der Waals surface area contributed by atoms with Gasteiger partial charge >= 0.3 is 0 Å². The number of amides is 1. The summed E-state index contributed by atoms with van der Waals surface area (Å²) in [7, 11) is 0. The molecule has 1 atom stereocenters. The maximum absolute atomic E-state index is 12.8. The summed E-state index contributed by atoms with van der Waals surface area (Å²) in [6.07, 6.45) is 4.02. The smallest absolute Gasteiger partial charge is 0.227 e. The minimum atomic E-state index is 0.0472. The zero-order valence-electron chi connectivity index (χ0n) is 14.8. The molecule has 1 amide bonds. The first kappa shape index (κ1) is 17.4. The van der Waals surface area contributed by atoms with Crippen molar-refractivity contribution in [3.8, 4) is 5.75 Å². The van der Waals surface area contributed by atoms with Gasteiger partial charge in [0, 0.05) is 32.0 Å². The van der Waals surface area contributed by atoms with Crippen molar-refractivity contribution >= 4 is 5.91 Å². The van der Waals surface area contributed by atoms with Gasteiger partial charge in [0.1, 0.15) is 5.75 Å². The number of piperazine rings is 1. The van der Waals surface area contributed by atoms with Crippen molar-refractivity contribution in [2.45, 2.75) is 32.4 Å². The molecule has 0 saturated carbocycles. The molecule has 1 N–H and O–H groups in total. The van der Waals surface area contributed by atoms with Crippen LogP contribution in [-0.4, -0.2) is 41.5 Å². The van der Waals surface area contributed by atoms with Gasteiger partial charge < -0.3 is 15.0 Å². The first-order valence-corrected chi connectivity index (χ1v) is 8.79. The molecule has 0 spiro atoms. The van der Waals surface area contributed by atoms with Crippen LogP contribution >= 0.6 is 0 Å². The molecule has 1 saturated heterocycles. The van der Waals surface area contributed by atoms with E-state index in [9.17, 15) is 4.79 Å². The quantitative estimate of drug-likeness (QED) is 0.910. The molecule has 2 heterocycles. The average molecular weight is 339 g/mol. The number of benzene rings is 1. The summed E-state index contributed by atoms with van der Waals surface area (Å²) in [5.74, 6) is 0.998. The molecule has 132 valence electrons. The second-order valence-corrected chi connectivity index (χ2v) is 6.58. The fourth-order valence-electron chi connectivity index (χ4n) is 3.12. The van der Waals surface area contributed by atoms with E-state index in [1.807, 2.05) is 43.0 Å². The summed E-state index contributed by atoms with van der Waals surface area (Å²) in [5.41, 5.74) is 2.08. The lowest BCUT2D eigenvalue weighted by molar-refractivity contribution is -0.133. The Labute approximate surface area is 149 Å². The van der Waals surface area contributed by atoms with Gasteiger partial charge in [-0.15, -0.1) is 0 Å². The topological polar surface area (TPSA) is 54.5 Å². The molecule has 0 aliphatic carbocycles. The van der Waals surface area contributed by atoms with Crippen molar-refractivity contribution in [3.63, 3.8) is 0 Å². The summed E-state index contributed by atoms with van der Waals surface area (Å²) >= 11 is 0. The Balaban J connectivity index is 1.73. The van der Waals surface area contributed by atoms with Gasteiger partial charge in [-0.1, -0.05) is 18.2 Å². The van der Waals surface area contributed by atoms with E-state index in [1.165, 1.54) is 0 Å². The van der Waals surface area contributed by atoms with Crippen LogP contribution in [0.3, 0.4) is 0 Å². The third-order valence-corrected chi connectivity index (χ3v) is 4.28. The number of carbonyl (C=O) groups is 1. The molecular weight excluding hydrogens is 314 g/mol. The van der Waals surface area contributed by atoms with Gasteiger partial charge in [-0.2, -0.15) is 0 Å². The third kappa shape index (κ3) is 4.57. The lowest BCUT2D eigenvalue weighted by Crippen LogP contribution is -2.49. The first-order valence-electron chi connectivity index (χ1n) is 8.79. The highest BCUT2D eigenvalue weighted by Gasteiger charge is 2.27. The number of ether oxygens (including phenoxy) is 1. The molecule has 5 heteroatoms. The first-order chi connectivity index (χ1) is 12.1. The van der Waals surface area contributed by atoms with E-state index in [4.69, 9.17) is 4.74 Å². The molecule has 0 bridgehead atoms. The number of nitrogens with zero attached hydrogens (tertiary/aromatic N) is 2. The van der Waals surface area contributed by atoms with E-state index in [0.29, 0.717) is 13.0 Å². The van der Waals surface area contributed by atoms with E-state index in [2.05, 4.69) is 22.4 Å². The number of hydrogen-bond donors (Lipinski definition) is 1. The highest BCUT2D eigenvalue weighted by molar-refractivity contribution is 5.79. The van der Waals surface area contributed by atoms with Gasteiger partial charge in [-0.05, 0) is 43.2 Å². The Bertz CT molecular complexity index is 686. The largest absolute Gasteiger partial charge is 0.491 e. The molecular formula is C20H25N3O2. The van der Waals surface area contributed by atoms with Crippen molar-refractivity contribution < 1.29 is 9.53 Å². The van der Waals surface area contributed by atoms with E-state index in [0.717, 1.165) is 30.0 Å². The van der Waals surface area contributed by atoms with Crippen molar-refractivity contribution in [1.29, 1.82) is 0 Å². The SMILES string of the molecule is CC(C)Oc1ccc(C2CNCCN2C(=O)Cc2cccnc2)cc1. The fourth-order valence-corrected chi connectivity index (χ4v) is 3.12. The summed E-state index contributed by atoms with van der Waals surface area (Å²) in [6.45, 7) is 6.33. The molecule has 1 aromatic carbocycles. The maximum Gasteiger partial charge on any atom is 0.227 e. The third-order valence-electron chi connectivity index (χ3n) is 4.28. The molecule has 3 rings (SSSR count). The summed E-state index contributed by atoms with van der Waals surface area (Å²) in [4.78, 5) is 18.9. The van der Waals surface area contributed by atoms with Crippen LogP contribution in [0.1, 0.15) is 31.0 Å². The molecule has 1 aliphatic heterocycles. The lowest BCUT2D eigenvalue weighted by atomic mass is 10.0. The maximum atomic E-state index is 12.8. The Hall–Kier alpha value is -2.40. The van der Waals surface area contributed by atoms with Gasteiger partial charge in [0.25, 0.3) is 0 Å². The zero-order chi connectivity index (χ0) is 17.6. The van der Waals surface area contributed by atoms with Crippen LogP contribution in [-0.2, 0) is 11.2 Å². The Morgan fingerprint density at radius 3 is 2.80 bits per heavy atom. The van der Waals surface area contributed by atoms with E-state index in [1.54, 1.807) is 12.4 Å². The Kier molecular flexibility index (Phi) is 5.66. The van der Waals surface area contributed by atoms with Gasteiger partial charge in [0.15, 0.2) is 0 Å². The number of aromatic nitrogens is 1. The lowest BCUT2D eigenvalue weighted by Gasteiger charge is -2.36. The molecule has 0 radical (unpaired) electrons. The normalized spacial score (nSPS) is 17.6. The van der Waals surface area contributed by atoms with Crippen LogP contribution in [0, 0.1) is 0 Å². The standard InChI is InChI=1S/C20H25N3O2/c1-15(2)25-18-7-5-17(6-8-18)19-14-22-10-11-23(19)20(24)12-16-4-3-9-21-13-16/h3-9,13,15,19,22H,10-12,14H2,1-2H3. The molecule has 1 aliphatic rings. The van der Waals surface area contributed by atoms with Crippen LogP contribution in [0.5, 0.6) is 5.75 Å². The Morgan fingerprint density at radius 1 is 1.32 bits per heavy atom. The van der Waals surface area contributed by atoms with Crippen molar-refractivity contribution in [2.75, 3.05) is 19.6 Å². The number of carbonyl (C=O) groups excluding carboxylic acids is 1. The van der Waals surface area contributed by atoms with E-state index in [-0.39, 0.29) is 18.1 Å². The van der Waals surface area contributed by atoms with Crippen LogP contribution < -0.4 is 10.1 Å². The van der Waals surface area contributed by atoms with Crippen molar-refractivity contribution in [3.05, 3.63) is 59.9 Å². The predicted octanol–water partition coefficient (Wildman–Crippen LogP) is 2.58. The molecule has 1 fully saturated rings. The second-order valence-electron chi connectivity index (χ2n) is 6.58. The number of rotatable bonds is 5. The van der Waals surface area contributed by atoms with Gasteiger partial charge in [0.05, 0.1) is 18.6 Å². The van der Waals surface area contributed by atoms with Gasteiger partial charge in [-0.3, -0.25) is 9.78 Å². The fraction of sp³-hybridized carbons (Fsp3) is 0.400. The average Bonchev–Trinajstić information content (AvgIpc) is 2.63. The molecule has 2 aromatic rings. The minimum absolute atomic E-state index is 0.0472. The Morgan fingerprint density at radius 2 is 2.12 bits per heavy atom. The molecule has 1 aromatic heterocycles. The molecule has 1 unspecified atom stereocenters. The molecule has 5 nitrogen and oxygen atoms in total. The van der Waals surface area contributed by atoms with E-state index >= 15 is 0 Å². The number of nitrogens with one attached hydrogen (secondary N) is 1. The van der Waals surface area contributed by atoms with Crippen LogP contribution in [0.15, 0.2) is 48.8 Å². The number of pyridine rings is 1. The highest BCUT2D eigenvalue weighted by atomic mass is 16.5. The van der Waals surface area contributed by atoms with Crippen LogP contribution in [0.25, 0.3) is 0 Å². The monoisotopic (exact) mass is 339 g/mol. The summed E-state index contributed by atoms with van der Waals surface area (Å²) in [5, 5.41) is 3.39. The number of hydrogen-bond acceptors (Lipinski definition) is 4. The van der Waals surface area contributed by atoms with Crippen LogP contribution in [0.2, 0.25) is 0 Å². The van der Waals surface area contributed by atoms with Crippen molar-refractivity contribution in [2.24, 2.45) is 0 Å². The molecule has 25 heavy (non-hydrogen) atoms. The zero-order valence-corrected chi connectivity index (χ0v) is 14.8. The summed E-state index contributed by atoms with van der Waals surface area (Å²) in [6, 6.07) is 11.9. The minimum Gasteiger partial charge on any atom is -0.491 e. The van der Waals surface area contributed by atoms with Gasteiger partial charge in [0.2, 0.25) is 5.91 Å². The van der Waals surface area contributed by atoms with E-state index < -0.39 is 0 Å². The van der Waals surface area contributed by atoms with Crippen molar-refractivity contribution in [1.82, 2.24) is 15.2 Å². The summed E-state index contributed by atoms with van der Waals surface area (Å²) < 4.78 is 5.71. The van der Waals surface area contributed by atoms with Crippen LogP contribution in [0.4, 0.5) is 0 Å². The highest BCUT2D eigenvalue weighted by Crippen LogP contribution is 2.25. The second kappa shape index (κ2) is 8.12. The van der Waals surface area contributed by atoms with Gasteiger partial charge in [-0.25, -0.2) is 0 Å². The predicted molar refractivity (Wildman–Crippen MR) is 97.5 cm³/mol.